The summed E-state index contributed by atoms with van der Waals surface area (Å²) in [6.07, 6.45) is -3.96. The number of ether oxygens (including phenoxy) is 5. The minimum atomic E-state index is -1.39. The number of hydrogen-bond acceptors (Lipinski definition) is 10. The minimum absolute atomic E-state index is 0.0358. The molecular weight excluding hydrogens is 630 g/mol. The van der Waals surface area contributed by atoms with Crippen LogP contribution < -0.4 is 10.3 Å². The van der Waals surface area contributed by atoms with Crippen LogP contribution >= 0.6 is 0 Å². The number of hydrogen-bond donors (Lipinski definition) is 0. The zero-order valence-electron chi connectivity index (χ0n) is 25.8. The summed E-state index contributed by atoms with van der Waals surface area (Å²) in [4.78, 5) is 65.7. The van der Waals surface area contributed by atoms with E-state index < -0.39 is 60.6 Å². The van der Waals surface area contributed by atoms with Crippen molar-refractivity contribution in [1.29, 1.82) is 0 Å². The molecule has 5 aromatic rings. The second-order valence-corrected chi connectivity index (χ2v) is 10.9. The van der Waals surface area contributed by atoms with Gasteiger partial charge in [0.25, 0.3) is 5.56 Å². The van der Waals surface area contributed by atoms with Gasteiger partial charge in [-0.15, -0.1) is 0 Å². The normalized spacial score (nSPS) is 18.2. The van der Waals surface area contributed by atoms with Gasteiger partial charge in [-0.25, -0.2) is 19.2 Å². The van der Waals surface area contributed by atoms with E-state index in [0.717, 1.165) is 10.6 Å². The highest BCUT2D eigenvalue weighted by molar-refractivity contribution is 5.91. The summed E-state index contributed by atoms with van der Waals surface area (Å²) >= 11 is 0. The Kier molecular flexibility index (Phi) is 10.0. The van der Waals surface area contributed by atoms with Gasteiger partial charge in [0.1, 0.15) is 18.5 Å². The molecular formula is C38H29NO10. The Morgan fingerprint density at radius 1 is 0.571 bits per heavy atom. The molecule has 2 heterocycles. The fourth-order valence-corrected chi connectivity index (χ4v) is 5.17. The van der Waals surface area contributed by atoms with Crippen molar-refractivity contribution >= 4 is 23.9 Å². The van der Waals surface area contributed by atoms with E-state index in [4.69, 9.17) is 23.7 Å². The van der Waals surface area contributed by atoms with E-state index in [1.807, 2.05) is 0 Å². The van der Waals surface area contributed by atoms with Crippen LogP contribution in [0.3, 0.4) is 0 Å². The lowest BCUT2D eigenvalue weighted by Gasteiger charge is -2.25. The quantitative estimate of drug-likeness (QED) is 0.144. The van der Waals surface area contributed by atoms with E-state index in [2.05, 4.69) is 0 Å². The van der Waals surface area contributed by atoms with Crippen molar-refractivity contribution in [1.82, 2.24) is 4.57 Å². The van der Waals surface area contributed by atoms with E-state index >= 15 is 0 Å². The predicted octanol–water partition coefficient (Wildman–Crippen LogP) is 5.27. The Morgan fingerprint density at radius 3 is 1.51 bits per heavy atom. The van der Waals surface area contributed by atoms with Crippen LogP contribution in [0.2, 0.25) is 0 Å². The fraction of sp³-hybridized carbons (Fsp3) is 0.132. The van der Waals surface area contributed by atoms with Crippen molar-refractivity contribution < 1.29 is 42.9 Å². The second-order valence-electron chi connectivity index (χ2n) is 10.9. The van der Waals surface area contributed by atoms with Crippen LogP contribution in [0.5, 0.6) is 5.75 Å². The zero-order valence-corrected chi connectivity index (χ0v) is 25.8. The second kappa shape index (κ2) is 15.1. The highest BCUT2D eigenvalue weighted by Crippen LogP contribution is 2.35. The number of aromatic nitrogens is 1. The van der Waals surface area contributed by atoms with Gasteiger partial charge in [0.2, 0.25) is 0 Å². The standard InChI is InChI=1S/C38H29NO10/c40-31-23-29(46-36(42)26-15-7-2-8-16-26)21-22-39(31)34-33(49-38(44)28-19-11-4-12-20-28)32(48-37(43)27-17-9-3-10-18-27)30(47-34)24-45-35(41)25-13-5-1-6-14-25/h1-23,30,32-34H,24H2/t30-,32-,33+,34-/m1/s1. The highest BCUT2D eigenvalue weighted by atomic mass is 16.7. The van der Waals surface area contributed by atoms with Crippen LogP contribution in [0, 0.1) is 0 Å². The third-order valence-electron chi connectivity index (χ3n) is 7.59. The number of esters is 4. The topological polar surface area (TPSA) is 136 Å². The molecule has 6 rings (SSSR count). The van der Waals surface area contributed by atoms with Crippen LogP contribution in [0.25, 0.3) is 0 Å². The lowest BCUT2D eigenvalue weighted by Crippen LogP contribution is -2.42. The van der Waals surface area contributed by atoms with Crippen molar-refractivity contribution in [2.75, 3.05) is 6.61 Å². The van der Waals surface area contributed by atoms with Crippen molar-refractivity contribution in [2.24, 2.45) is 0 Å². The summed E-state index contributed by atoms with van der Waals surface area (Å²) in [5.41, 5.74) is 0.289. The molecule has 0 amide bonds. The monoisotopic (exact) mass is 659 g/mol. The van der Waals surface area contributed by atoms with Gasteiger partial charge >= 0.3 is 23.9 Å². The molecule has 1 fully saturated rings. The molecule has 49 heavy (non-hydrogen) atoms. The summed E-state index contributed by atoms with van der Waals surface area (Å²) < 4.78 is 30.1. The van der Waals surface area contributed by atoms with Crippen molar-refractivity contribution in [3.8, 4) is 5.75 Å². The molecule has 0 unspecified atom stereocenters. The van der Waals surface area contributed by atoms with E-state index in [0.29, 0.717) is 0 Å². The van der Waals surface area contributed by atoms with E-state index in [9.17, 15) is 24.0 Å². The SMILES string of the molecule is O=C(OC[C@H]1O[C@@H](n2ccc(OC(=O)c3ccccc3)cc2=O)[C@@H](OC(=O)c2ccccc2)[C@@H]1OC(=O)c1ccccc1)c1ccccc1. The van der Waals surface area contributed by atoms with Crippen LogP contribution in [0.1, 0.15) is 47.7 Å². The van der Waals surface area contributed by atoms with E-state index in [1.165, 1.54) is 12.3 Å². The molecule has 4 atom stereocenters. The maximum atomic E-state index is 13.5. The van der Waals surface area contributed by atoms with Gasteiger partial charge in [0, 0.05) is 12.3 Å². The molecule has 1 aliphatic rings. The molecule has 1 aromatic heterocycles. The maximum Gasteiger partial charge on any atom is 0.343 e. The molecule has 0 spiro atoms. The molecule has 1 aliphatic heterocycles. The number of rotatable bonds is 10. The van der Waals surface area contributed by atoms with Gasteiger partial charge in [-0.2, -0.15) is 0 Å². The third kappa shape index (κ3) is 7.80. The zero-order chi connectivity index (χ0) is 34.2. The summed E-state index contributed by atoms with van der Waals surface area (Å²) in [6, 6.07) is 35.2. The van der Waals surface area contributed by atoms with Crippen LogP contribution in [0.4, 0.5) is 0 Å². The Morgan fingerprint density at radius 2 is 1.02 bits per heavy atom. The molecule has 11 nitrogen and oxygen atoms in total. The van der Waals surface area contributed by atoms with Gasteiger partial charge in [-0.3, -0.25) is 9.36 Å². The molecule has 0 bridgehead atoms. The first kappa shape index (κ1) is 32.6. The van der Waals surface area contributed by atoms with Crippen LogP contribution in [0.15, 0.2) is 144 Å². The first-order chi connectivity index (χ1) is 23.9. The first-order valence-electron chi connectivity index (χ1n) is 15.3. The lowest BCUT2D eigenvalue weighted by atomic mass is 10.1. The lowest BCUT2D eigenvalue weighted by molar-refractivity contribution is -0.0635. The van der Waals surface area contributed by atoms with Gasteiger partial charge in [0.15, 0.2) is 18.4 Å². The number of carbonyl (C=O) groups excluding carboxylic acids is 4. The highest BCUT2D eigenvalue weighted by Gasteiger charge is 2.51. The summed E-state index contributed by atoms with van der Waals surface area (Å²) in [5.74, 6) is -2.90. The smallest absolute Gasteiger partial charge is 0.343 e. The first-order valence-corrected chi connectivity index (χ1v) is 15.3. The average Bonchev–Trinajstić information content (AvgIpc) is 3.47. The number of nitrogens with zero attached hydrogens (tertiary/aromatic N) is 1. The van der Waals surface area contributed by atoms with Gasteiger partial charge in [-0.1, -0.05) is 72.8 Å². The van der Waals surface area contributed by atoms with Gasteiger partial charge in [-0.05, 0) is 54.6 Å². The maximum absolute atomic E-state index is 13.5. The molecule has 0 radical (unpaired) electrons. The van der Waals surface area contributed by atoms with Gasteiger partial charge in [0.05, 0.1) is 22.3 Å². The summed E-state index contributed by atoms with van der Waals surface area (Å²) in [7, 11) is 0. The van der Waals surface area contributed by atoms with Gasteiger partial charge < -0.3 is 23.7 Å². The number of pyridine rings is 1. The Bertz CT molecular complexity index is 1980. The molecule has 0 aliphatic carbocycles. The predicted molar refractivity (Wildman–Crippen MR) is 174 cm³/mol. The van der Waals surface area contributed by atoms with Crippen molar-refractivity contribution in [2.45, 2.75) is 24.5 Å². The fourth-order valence-electron chi connectivity index (χ4n) is 5.17. The van der Waals surface area contributed by atoms with E-state index in [1.54, 1.807) is 121 Å². The minimum Gasteiger partial charge on any atom is -0.459 e. The Hall–Kier alpha value is -6.33. The Balaban J connectivity index is 1.33. The molecule has 0 saturated carbocycles. The summed E-state index contributed by atoms with van der Waals surface area (Å²) in [5, 5.41) is 0. The summed E-state index contributed by atoms with van der Waals surface area (Å²) in [6.45, 7) is -0.419. The molecule has 4 aromatic carbocycles. The van der Waals surface area contributed by atoms with Crippen LogP contribution in [-0.4, -0.2) is 53.4 Å². The van der Waals surface area contributed by atoms with E-state index in [-0.39, 0.29) is 28.0 Å². The number of carbonyl (C=O) groups is 4. The largest absolute Gasteiger partial charge is 0.459 e. The Labute approximate surface area is 280 Å². The molecule has 11 heteroatoms. The molecule has 1 saturated heterocycles. The van der Waals surface area contributed by atoms with Crippen molar-refractivity contribution in [3.05, 3.63) is 172 Å². The van der Waals surface area contributed by atoms with Crippen LogP contribution in [-0.2, 0) is 18.9 Å². The number of benzene rings is 4. The van der Waals surface area contributed by atoms with Crippen molar-refractivity contribution in [3.63, 3.8) is 0 Å². The average molecular weight is 660 g/mol. The molecule has 0 N–H and O–H groups in total. The molecule has 246 valence electrons. The third-order valence-corrected chi connectivity index (χ3v) is 7.59.